The third-order valence-electron chi connectivity index (χ3n) is 2.89. The van der Waals surface area contributed by atoms with E-state index >= 15 is 0 Å². The van der Waals surface area contributed by atoms with Crippen LogP contribution in [-0.4, -0.2) is 22.0 Å². The predicted octanol–water partition coefficient (Wildman–Crippen LogP) is 3.45. The number of hydrogen-bond donors (Lipinski definition) is 2. The normalized spacial score (nSPS) is 11.5. The summed E-state index contributed by atoms with van der Waals surface area (Å²) in [6.45, 7) is 0. The quantitative estimate of drug-likeness (QED) is 0.838. The highest BCUT2D eigenvalue weighted by atomic mass is 19.4. The molecule has 0 aliphatic carbocycles. The fraction of sp³-hybridized carbons (Fsp3) is 0.0625. The van der Waals surface area contributed by atoms with E-state index in [1.54, 1.807) is 0 Å². The molecule has 5 nitrogen and oxygen atoms in total. The van der Waals surface area contributed by atoms with Crippen LogP contribution in [0.5, 0.6) is 0 Å². The van der Waals surface area contributed by atoms with Gasteiger partial charge >= 0.3 is 12.1 Å². The number of alkyl halides is 3. The van der Waals surface area contributed by atoms with Crippen molar-refractivity contribution in [2.45, 2.75) is 6.18 Å². The smallest absolute Gasteiger partial charge is 0.416 e. The summed E-state index contributed by atoms with van der Waals surface area (Å²) < 4.78 is 38.0. The molecular formula is C16H11F3N2O3. The van der Waals surface area contributed by atoms with Crippen molar-refractivity contribution in [3.63, 3.8) is 0 Å². The van der Waals surface area contributed by atoms with Crippen LogP contribution in [0.15, 0.2) is 48.8 Å². The fourth-order valence-electron chi connectivity index (χ4n) is 1.82. The van der Waals surface area contributed by atoms with E-state index < -0.39 is 23.6 Å². The van der Waals surface area contributed by atoms with Gasteiger partial charge in [0, 0.05) is 24.2 Å². The number of carbonyl (C=O) groups excluding carboxylic acids is 1. The zero-order chi connectivity index (χ0) is 17.7. The molecule has 1 amide bonds. The largest absolute Gasteiger partial charge is 0.478 e. The van der Waals surface area contributed by atoms with Gasteiger partial charge in [-0.05, 0) is 35.9 Å². The molecule has 1 aromatic carbocycles. The van der Waals surface area contributed by atoms with Crippen molar-refractivity contribution in [1.82, 2.24) is 4.98 Å². The van der Waals surface area contributed by atoms with Crippen LogP contribution in [0, 0.1) is 0 Å². The highest BCUT2D eigenvalue weighted by Crippen LogP contribution is 2.30. The number of anilines is 1. The molecule has 0 saturated carbocycles. The summed E-state index contributed by atoms with van der Waals surface area (Å²) in [5.74, 6) is -1.82. The van der Waals surface area contributed by atoms with E-state index in [4.69, 9.17) is 5.11 Å². The van der Waals surface area contributed by atoms with Crippen molar-refractivity contribution in [3.8, 4) is 0 Å². The van der Waals surface area contributed by atoms with Crippen LogP contribution in [0.3, 0.4) is 0 Å². The van der Waals surface area contributed by atoms with Crippen LogP contribution in [0.1, 0.15) is 21.5 Å². The first-order valence-electron chi connectivity index (χ1n) is 6.60. The number of aliphatic carboxylic acids is 1. The second-order valence-electron chi connectivity index (χ2n) is 4.71. The molecule has 0 unspecified atom stereocenters. The minimum absolute atomic E-state index is 0.0127. The Bertz CT molecular complexity index is 801. The first kappa shape index (κ1) is 17.2. The molecule has 0 bridgehead atoms. The Hall–Kier alpha value is -3.16. The van der Waals surface area contributed by atoms with E-state index in [1.807, 2.05) is 0 Å². The molecule has 0 aliphatic rings. The number of pyridine rings is 1. The van der Waals surface area contributed by atoms with Gasteiger partial charge in [0.05, 0.1) is 11.1 Å². The Morgan fingerprint density at radius 1 is 1.17 bits per heavy atom. The lowest BCUT2D eigenvalue weighted by molar-refractivity contribution is -0.137. The monoisotopic (exact) mass is 336 g/mol. The van der Waals surface area contributed by atoms with Gasteiger partial charge in [-0.2, -0.15) is 13.2 Å². The Morgan fingerprint density at radius 3 is 2.58 bits per heavy atom. The van der Waals surface area contributed by atoms with Crippen molar-refractivity contribution in [2.75, 3.05) is 5.32 Å². The minimum Gasteiger partial charge on any atom is -0.478 e. The number of rotatable bonds is 4. The molecule has 1 heterocycles. The number of carboxylic acid groups (broad SMARTS) is 1. The first-order chi connectivity index (χ1) is 11.3. The molecule has 24 heavy (non-hydrogen) atoms. The van der Waals surface area contributed by atoms with Gasteiger partial charge in [0.1, 0.15) is 0 Å². The molecular weight excluding hydrogens is 325 g/mol. The Kier molecular flexibility index (Phi) is 4.98. The van der Waals surface area contributed by atoms with Gasteiger partial charge < -0.3 is 10.4 Å². The Labute approximate surface area is 134 Å². The van der Waals surface area contributed by atoms with Gasteiger partial charge in [0.2, 0.25) is 0 Å². The van der Waals surface area contributed by atoms with Gasteiger partial charge in [0.25, 0.3) is 5.91 Å². The van der Waals surface area contributed by atoms with E-state index in [0.29, 0.717) is 5.56 Å². The van der Waals surface area contributed by atoms with Crippen LogP contribution in [0.2, 0.25) is 0 Å². The predicted molar refractivity (Wildman–Crippen MR) is 80.3 cm³/mol. The maximum absolute atomic E-state index is 12.7. The highest BCUT2D eigenvalue weighted by Gasteiger charge is 2.30. The van der Waals surface area contributed by atoms with Crippen molar-refractivity contribution < 1.29 is 27.9 Å². The number of halogens is 3. The summed E-state index contributed by atoms with van der Waals surface area (Å²) in [4.78, 5) is 26.4. The molecule has 0 radical (unpaired) electrons. The van der Waals surface area contributed by atoms with Crippen molar-refractivity contribution >= 4 is 23.6 Å². The van der Waals surface area contributed by atoms with Crippen molar-refractivity contribution in [1.29, 1.82) is 0 Å². The zero-order valence-electron chi connectivity index (χ0n) is 12.0. The average molecular weight is 336 g/mol. The van der Waals surface area contributed by atoms with Crippen molar-refractivity contribution in [2.24, 2.45) is 0 Å². The van der Waals surface area contributed by atoms with Gasteiger partial charge in [-0.25, -0.2) is 4.79 Å². The van der Waals surface area contributed by atoms with E-state index in [0.717, 1.165) is 18.2 Å². The Balaban J connectivity index is 2.18. The number of amides is 1. The van der Waals surface area contributed by atoms with Crippen LogP contribution in [0.25, 0.3) is 6.08 Å². The van der Waals surface area contributed by atoms with Crippen LogP contribution >= 0.6 is 0 Å². The van der Waals surface area contributed by atoms with Crippen molar-refractivity contribution in [3.05, 3.63) is 65.5 Å². The van der Waals surface area contributed by atoms with Gasteiger partial charge in [-0.15, -0.1) is 0 Å². The molecule has 0 saturated heterocycles. The molecule has 2 rings (SSSR count). The van der Waals surface area contributed by atoms with Gasteiger partial charge in [-0.1, -0.05) is 6.07 Å². The second-order valence-corrected chi connectivity index (χ2v) is 4.71. The summed E-state index contributed by atoms with van der Waals surface area (Å²) >= 11 is 0. The van der Waals surface area contributed by atoms with Gasteiger partial charge in [0.15, 0.2) is 0 Å². The molecule has 0 spiro atoms. The molecule has 0 aliphatic heterocycles. The number of aromatic nitrogens is 1. The topological polar surface area (TPSA) is 79.3 Å². The van der Waals surface area contributed by atoms with Crippen LogP contribution < -0.4 is 5.32 Å². The third-order valence-corrected chi connectivity index (χ3v) is 2.89. The lowest BCUT2D eigenvalue weighted by Crippen LogP contribution is -2.13. The summed E-state index contributed by atoms with van der Waals surface area (Å²) in [6, 6.07) is 5.60. The van der Waals surface area contributed by atoms with Crippen LogP contribution in [0.4, 0.5) is 18.9 Å². The lowest BCUT2D eigenvalue weighted by atomic mass is 10.1. The summed E-state index contributed by atoms with van der Waals surface area (Å²) in [7, 11) is 0. The molecule has 2 N–H and O–H groups in total. The van der Waals surface area contributed by atoms with E-state index in [9.17, 15) is 22.8 Å². The van der Waals surface area contributed by atoms with Crippen LogP contribution in [-0.2, 0) is 11.0 Å². The molecule has 0 atom stereocenters. The number of nitrogens with zero attached hydrogens (tertiary/aromatic N) is 1. The van der Waals surface area contributed by atoms with Gasteiger partial charge in [-0.3, -0.25) is 9.78 Å². The fourth-order valence-corrected chi connectivity index (χ4v) is 1.82. The number of carbonyl (C=O) groups is 2. The summed E-state index contributed by atoms with van der Waals surface area (Å²) in [6.07, 6.45) is 0.188. The lowest BCUT2D eigenvalue weighted by Gasteiger charge is -2.10. The first-order valence-corrected chi connectivity index (χ1v) is 6.60. The number of nitrogens with one attached hydrogen (secondary N) is 1. The molecule has 8 heteroatoms. The molecule has 0 fully saturated rings. The summed E-state index contributed by atoms with van der Waals surface area (Å²) in [5.41, 5.74) is -0.438. The van der Waals surface area contributed by atoms with E-state index in [1.165, 1.54) is 36.7 Å². The number of carboxylic acids is 1. The average Bonchev–Trinajstić information content (AvgIpc) is 2.52. The van der Waals surface area contributed by atoms with E-state index in [2.05, 4.69) is 10.3 Å². The zero-order valence-corrected chi connectivity index (χ0v) is 12.0. The number of benzene rings is 1. The number of hydrogen-bond acceptors (Lipinski definition) is 3. The molecule has 2 aromatic rings. The third kappa shape index (κ3) is 4.67. The van der Waals surface area contributed by atoms with E-state index in [-0.39, 0.29) is 11.3 Å². The molecule has 1 aromatic heterocycles. The maximum Gasteiger partial charge on any atom is 0.416 e. The SMILES string of the molecule is O=C(O)C=Cc1cncc(C(=O)Nc2cccc(C(F)(F)F)c2)c1. The minimum atomic E-state index is -4.51. The summed E-state index contributed by atoms with van der Waals surface area (Å²) in [5, 5.41) is 10.9. The molecule has 124 valence electrons. The Morgan fingerprint density at radius 2 is 1.92 bits per heavy atom. The highest BCUT2D eigenvalue weighted by molar-refractivity contribution is 6.04. The standard InChI is InChI=1S/C16H11F3N2O3/c17-16(18,19)12-2-1-3-13(7-12)21-15(24)11-6-10(8-20-9-11)4-5-14(22)23/h1-9H,(H,21,24)(H,22,23). The second kappa shape index (κ2) is 6.95. The maximum atomic E-state index is 12.7.